The van der Waals surface area contributed by atoms with Gasteiger partial charge in [0.05, 0.1) is 18.2 Å². The summed E-state index contributed by atoms with van der Waals surface area (Å²) in [6.45, 7) is 9.86. The van der Waals surface area contributed by atoms with Gasteiger partial charge in [-0.2, -0.15) is 5.10 Å². The maximum atomic E-state index is 11.4. The van der Waals surface area contributed by atoms with Crippen LogP contribution in [0.25, 0.3) is 0 Å². The number of likely N-dealkylation sites (tertiary alicyclic amines) is 1. The number of carbonyl (C=O) groups excluding carboxylic acids is 1. The van der Waals surface area contributed by atoms with E-state index in [4.69, 9.17) is 10.8 Å². The minimum Gasteiger partial charge on any atom is -0.369 e. The van der Waals surface area contributed by atoms with Gasteiger partial charge in [0.25, 0.3) is 0 Å². The number of hydrogen-bond acceptors (Lipinski definition) is 3. The number of primary amides is 1. The Balaban J connectivity index is 1.79. The summed E-state index contributed by atoms with van der Waals surface area (Å²) in [5.41, 5.74) is 9.06. The van der Waals surface area contributed by atoms with E-state index in [-0.39, 0.29) is 17.2 Å². The van der Waals surface area contributed by atoms with E-state index in [0.717, 1.165) is 38.3 Å². The summed E-state index contributed by atoms with van der Waals surface area (Å²) in [7, 11) is 0. The molecule has 0 unspecified atom stereocenters. The SMILES string of the molecule is CC(C)(C)c1nn(Cc2ccccc2)cc1CN1CC[C@@H](C(N)=O)C1. The molecule has 134 valence electrons. The first-order valence-corrected chi connectivity index (χ1v) is 8.95. The molecule has 0 aliphatic carbocycles. The Morgan fingerprint density at radius 3 is 2.56 bits per heavy atom. The maximum absolute atomic E-state index is 11.4. The Morgan fingerprint density at radius 2 is 1.96 bits per heavy atom. The lowest BCUT2D eigenvalue weighted by atomic mass is 9.89. The first-order valence-electron chi connectivity index (χ1n) is 8.95. The Hall–Kier alpha value is -2.14. The molecule has 0 bridgehead atoms. The van der Waals surface area contributed by atoms with Gasteiger partial charge in [0.2, 0.25) is 5.91 Å². The van der Waals surface area contributed by atoms with Crippen molar-refractivity contribution < 1.29 is 4.79 Å². The van der Waals surface area contributed by atoms with E-state index in [1.165, 1.54) is 11.1 Å². The van der Waals surface area contributed by atoms with Gasteiger partial charge in [-0.3, -0.25) is 14.4 Å². The van der Waals surface area contributed by atoms with E-state index in [9.17, 15) is 4.79 Å². The molecule has 3 rings (SSSR count). The van der Waals surface area contributed by atoms with Crippen molar-refractivity contribution in [1.29, 1.82) is 0 Å². The van der Waals surface area contributed by atoms with Gasteiger partial charge in [-0.15, -0.1) is 0 Å². The van der Waals surface area contributed by atoms with Crippen LogP contribution in [0.5, 0.6) is 0 Å². The molecule has 5 nitrogen and oxygen atoms in total. The second-order valence-corrected chi connectivity index (χ2v) is 8.06. The normalized spacial score (nSPS) is 18.6. The Morgan fingerprint density at radius 1 is 1.24 bits per heavy atom. The van der Waals surface area contributed by atoms with Gasteiger partial charge in [-0.25, -0.2) is 0 Å². The third-order valence-corrected chi connectivity index (χ3v) is 4.80. The predicted molar refractivity (Wildman–Crippen MR) is 99.0 cm³/mol. The number of nitrogens with zero attached hydrogens (tertiary/aromatic N) is 3. The van der Waals surface area contributed by atoms with E-state index in [2.05, 4.69) is 56.1 Å². The second kappa shape index (κ2) is 7.00. The van der Waals surface area contributed by atoms with Crippen molar-refractivity contribution in [2.75, 3.05) is 13.1 Å². The van der Waals surface area contributed by atoms with Crippen molar-refractivity contribution in [2.24, 2.45) is 11.7 Å². The highest BCUT2D eigenvalue weighted by atomic mass is 16.1. The van der Waals surface area contributed by atoms with Crippen LogP contribution in [0.2, 0.25) is 0 Å². The van der Waals surface area contributed by atoms with Crippen molar-refractivity contribution in [1.82, 2.24) is 14.7 Å². The summed E-state index contributed by atoms with van der Waals surface area (Å²) in [4.78, 5) is 13.7. The van der Waals surface area contributed by atoms with E-state index < -0.39 is 0 Å². The molecular weight excluding hydrogens is 312 g/mol. The Kier molecular flexibility index (Phi) is 4.95. The van der Waals surface area contributed by atoms with Gasteiger partial charge >= 0.3 is 0 Å². The van der Waals surface area contributed by atoms with Gasteiger partial charge in [-0.05, 0) is 18.5 Å². The van der Waals surface area contributed by atoms with Crippen LogP contribution in [0.4, 0.5) is 0 Å². The third-order valence-electron chi connectivity index (χ3n) is 4.80. The van der Waals surface area contributed by atoms with Gasteiger partial charge in [0, 0.05) is 30.3 Å². The molecule has 1 aliphatic heterocycles. The fourth-order valence-corrected chi connectivity index (χ4v) is 3.51. The summed E-state index contributed by atoms with van der Waals surface area (Å²) in [6, 6.07) is 10.4. The van der Waals surface area contributed by atoms with Crippen LogP contribution in [0.15, 0.2) is 36.5 Å². The molecular formula is C20H28N4O. The third kappa shape index (κ3) is 4.28. The zero-order valence-corrected chi connectivity index (χ0v) is 15.4. The monoisotopic (exact) mass is 340 g/mol. The average molecular weight is 340 g/mol. The molecule has 2 heterocycles. The first kappa shape index (κ1) is 17.7. The molecule has 5 heteroatoms. The predicted octanol–water partition coefficient (Wildman–Crippen LogP) is 2.54. The summed E-state index contributed by atoms with van der Waals surface area (Å²) in [5.74, 6) is -0.198. The average Bonchev–Trinajstić information content (AvgIpc) is 3.15. The second-order valence-electron chi connectivity index (χ2n) is 8.06. The summed E-state index contributed by atoms with van der Waals surface area (Å²) < 4.78 is 2.03. The van der Waals surface area contributed by atoms with Crippen molar-refractivity contribution in [2.45, 2.75) is 45.7 Å². The topological polar surface area (TPSA) is 64.2 Å². The summed E-state index contributed by atoms with van der Waals surface area (Å²) in [6.07, 6.45) is 3.02. The fraction of sp³-hybridized carbons (Fsp3) is 0.500. The lowest BCUT2D eigenvalue weighted by Gasteiger charge is -2.20. The Labute approximate surface area is 149 Å². The van der Waals surface area contributed by atoms with E-state index in [1.54, 1.807) is 0 Å². The highest BCUT2D eigenvalue weighted by molar-refractivity contribution is 5.77. The zero-order valence-electron chi connectivity index (χ0n) is 15.4. The molecule has 1 fully saturated rings. The molecule has 0 spiro atoms. The zero-order chi connectivity index (χ0) is 18.0. The van der Waals surface area contributed by atoms with Gasteiger partial charge in [0.1, 0.15) is 0 Å². The fourth-order valence-electron chi connectivity index (χ4n) is 3.51. The van der Waals surface area contributed by atoms with Gasteiger partial charge in [0.15, 0.2) is 0 Å². The minimum atomic E-state index is -0.182. The smallest absolute Gasteiger partial charge is 0.221 e. The van der Waals surface area contributed by atoms with Crippen LogP contribution in [0.3, 0.4) is 0 Å². The van der Waals surface area contributed by atoms with Crippen molar-refractivity contribution in [3.8, 4) is 0 Å². The molecule has 2 aromatic rings. The van der Waals surface area contributed by atoms with Crippen molar-refractivity contribution in [3.05, 3.63) is 53.3 Å². The van der Waals surface area contributed by atoms with Crippen LogP contribution in [-0.2, 0) is 23.3 Å². The molecule has 1 amide bonds. The number of carbonyl (C=O) groups is 1. The number of hydrogen-bond donors (Lipinski definition) is 1. The standard InChI is InChI=1S/C20H28N4O/c1-20(2,3)18-17(13-23-10-9-16(12-23)19(21)25)14-24(22-18)11-15-7-5-4-6-8-15/h4-8,14,16H,9-13H2,1-3H3,(H2,21,25)/t16-/m1/s1. The van der Waals surface area contributed by atoms with Gasteiger partial charge < -0.3 is 5.73 Å². The highest BCUT2D eigenvalue weighted by Gasteiger charge is 2.29. The lowest BCUT2D eigenvalue weighted by molar-refractivity contribution is -0.121. The van der Waals surface area contributed by atoms with Crippen LogP contribution in [-0.4, -0.2) is 33.7 Å². The number of aromatic nitrogens is 2. The number of nitrogens with two attached hydrogens (primary N) is 1. The van der Waals surface area contributed by atoms with Crippen molar-refractivity contribution >= 4 is 5.91 Å². The molecule has 1 atom stereocenters. The van der Waals surface area contributed by atoms with Crippen LogP contribution in [0.1, 0.15) is 44.0 Å². The largest absolute Gasteiger partial charge is 0.369 e. The minimum absolute atomic E-state index is 0.0138. The number of amides is 1. The van der Waals surface area contributed by atoms with E-state index >= 15 is 0 Å². The molecule has 2 N–H and O–H groups in total. The summed E-state index contributed by atoms with van der Waals surface area (Å²) in [5, 5.41) is 4.87. The molecule has 1 aromatic heterocycles. The number of benzene rings is 1. The molecule has 0 saturated carbocycles. The number of rotatable bonds is 5. The van der Waals surface area contributed by atoms with Crippen LogP contribution >= 0.6 is 0 Å². The maximum Gasteiger partial charge on any atom is 0.221 e. The first-order chi connectivity index (χ1) is 11.8. The van der Waals surface area contributed by atoms with E-state index in [0.29, 0.717) is 0 Å². The van der Waals surface area contributed by atoms with Crippen molar-refractivity contribution in [3.63, 3.8) is 0 Å². The lowest BCUT2D eigenvalue weighted by Crippen LogP contribution is -2.27. The highest BCUT2D eigenvalue weighted by Crippen LogP contribution is 2.27. The molecule has 25 heavy (non-hydrogen) atoms. The molecule has 1 aromatic carbocycles. The Bertz CT molecular complexity index is 730. The molecule has 0 radical (unpaired) electrons. The molecule has 1 saturated heterocycles. The molecule has 1 aliphatic rings. The summed E-state index contributed by atoms with van der Waals surface area (Å²) >= 11 is 0. The van der Waals surface area contributed by atoms with Gasteiger partial charge in [-0.1, -0.05) is 51.1 Å². The quantitative estimate of drug-likeness (QED) is 0.910. The van der Waals surface area contributed by atoms with E-state index in [1.807, 2.05) is 10.7 Å². The van der Waals surface area contributed by atoms with Crippen LogP contribution in [0, 0.1) is 5.92 Å². The van der Waals surface area contributed by atoms with Crippen LogP contribution < -0.4 is 5.73 Å².